The Balaban J connectivity index is 0.838. The number of aryl methyl sites for hydroxylation is 3. The maximum atomic E-state index is 14.1. The number of likely N-dealkylation sites (tertiary alicyclic amines) is 1. The minimum Gasteiger partial charge on any atom is -0.508 e. The van der Waals surface area contributed by atoms with E-state index in [2.05, 4.69) is 27.9 Å². The summed E-state index contributed by atoms with van der Waals surface area (Å²) in [6, 6.07) is 35.9. The highest BCUT2D eigenvalue weighted by Gasteiger charge is 2.44. The number of ether oxygens (including phenoxy) is 1. The largest absolute Gasteiger partial charge is 0.508 e. The molecule has 1 aromatic heterocycles. The highest BCUT2D eigenvalue weighted by atomic mass is 32.1. The number of phenolic OH excluding ortho intramolecular Hbond substituents is 2. The molecule has 5 aromatic carbocycles. The van der Waals surface area contributed by atoms with Gasteiger partial charge in [-0.25, -0.2) is 4.98 Å². The number of β-amino-alcohol motifs (C(OH)–C–C–N with tert-alkyl or cyclic N) is 1. The summed E-state index contributed by atoms with van der Waals surface area (Å²) in [6.07, 6.45) is 1.39. The Kier molecular flexibility index (Phi) is 17.7. The Labute approximate surface area is 426 Å². The van der Waals surface area contributed by atoms with E-state index in [4.69, 9.17) is 4.74 Å². The van der Waals surface area contributed by atoms with E-state index in [1.807, 2.05) is 130 Å². The van der Waals surface area contributed by atoms with E-state index in [0.29, 0.717) is 31.6 Å². The molecule has 13 nitrogen and oxygen atoms in total. The molecule has 4 amide bonds. The zero-order valence-corrected chi connectivity index (χ0v) is 42.4. The fraction of sp³-hybridized carbons (Fsp3) is 0.328. The van der Waals surface area contributed by atoms with Crippen molar-refractivity contribution in [3.05, 3.63) is 166 Å². The average molecular weight is 992 g/mol. The van der Waals surface area contributed by atoms with Gasteiger partial charge in [-0.1, -0.05) is 113 Å². The van der Waals surface area contributed by atoms with Crippen LogP contribution in [0.15, 0.2) is 127 Å². The second-order valence-electron chi connectivity index (χ2n) is 19.3. The molecule has 6 aromatic rings. The third kappa shape index (κ3) is 14.0. The molecule has 6 N–H and O–H groups in total. The van der Waals surface area contributed by atoms with E-state index in [1.54, 1.807) is 35.6 Å². The fourth-order valence-corrected chi connectivity index (χ4v) is 9.71. The van der Waals surface area contributed by atoms with Crippen LogP contribution < -0.4 is 20.7 Å². The fourth-order valence-electron chi connectivity index (χ4n) is 8.90. The molecule has 0 radical (unpaired) electrons. The number of phenols is 2. The van der Waals surface area contributed by atoms with Gasteiger partial charge in [0.1, 0.15) is 35.9 Å². The summed E-state index contributed by atoms with van der Waals surface area (Å²) in [5.74, 6) is -0.119. The molecule has 1 fully saturated rings. The number of carbonyl (C=O) groups is 4. The quantitative estimate of drug-likeness (QED) is 0.0321. The molecule has 0 aliphatic carbocycles. The number of nitrogens with zero attached hydrogens (tertiary/aromatic N) is 2. The summed E-state index contributed by atoms with van der Waals surface area (Å²) in [5, 5.41) is 39.3. The predicted molar refractivity (Wildman–Crippen MR) is 282 cm³/mol. The van der Waals surface area contributed by atoms with Crippen LogP contribution in [0.4, 0.5) is 0 Å². The molecule has 14 heteroatoms. The molecule has 0 saturated carbocycles. The summed E-state index contributed by atoms with van der Waals surface area (Å²) in [4.78, 5) is 60.6. The number of hydrogen-bond donors (Lipinski definition) is 6. The van der Waals surface area contributed by atoms with E-state index in [0.717, 1.165) is 67.1 Å². The van der Waals surface area contributed by atoms with Gasteiger partial charge < -0.3 is 40.9 Å². The molecule has 376 valence electrons. The van der Waals surface area contributed by atoms with Crippen molar-refractivity contribution in [1.82, 2.24) is 25.8 Å². The number of aromatic hydroxyl groups is 2. The number of benzene rings is 5. The van der Waals surface area contributed by atoms with Gasteiger partial charge >= 0.3 is 0 Å². The first-order valence-corrected chi connectivity index (χ1v) is 25.4. The van der Waals surface area contributed by atoms with Crippen LogP contribution in [-0.4, -0.2) is 86.7 Å². The van der Waals surface area contributed by atoms with Crippen LogP contribution >= 0.6 is 11.3 Å². The third-order valence-corrected chi connectivity index (χ3v) is 13.9. The molecule has 1 aliphatic heterocycles. The first-order valence-electron chi connectivity index (χ1n) is 24.5. The van der Waals surface area contributed by atoms with Crippen LogP contribution in [0, 0.1) is 12.3 Å². The summed E-state index contributed by atoms with van der Waals surface area (Å²) in [5.41, 5.74) is 11.0. The third-order valence-electron chi connectivity index (χ3n) is 12.9. The number of aliphatic hydroxyl groups is 1. The highest BCUT2D eigenvalue weighted by molar-refractivity contribution is 7.13. The van der Waals surface area contributed by atoms with Crippen LogP contribution in [-0.2, 0) is 38.6 Å². The zero-order chi connectivity index (χ0) is 51.4. The molecular formula is C58H65N5O8S. The van der Waals surface area contributed by atoms with E-state index in [-0.39, 0.29) is 61.8 Å². The molecule has 0 bridgehead atoms. The maximum absolute atomic E-state index is 14.1. The van der Waals surface area contributed by atoms with Crippen molar-refractivity contribution in [2.24, 2.45) is 5.41 Å². The Bertz CT molecular complexity index is 2820. The lowest BCUT2D eigenvalue weighted by Crippen LogP contribution is -2.57. The molecule has 0 unspecified atom stereocenters. The van der Waals surface area contributed by atoms with Gasteiger partial charge in [0, 0.05) is 32.4 Å². The van der Waals surface area contributed by atoms with Crippen LogP contribution in [0.25, 0.3) is 21.6 Å². The van der Waals surface area contributed by atoms with Crippen molar-refractivity contribution >= 4 is 46.1 Å². The lowest BCUT2D eigenvalue weighted by molar-refractivity contribution is -0.144. The van der Waals surface area contributed by atoms with Gasteiger partial charge in [-0.3, -0.25) is 19.2 Å². The number of aliphatic hydroxyl groups excluding tert-OH is 1. The van der Waals surface area contributed by atoms with E-state index < -0.39 is 29.5 Å². The monoisotopic (exact) mass is 991 g/mol. The average Bonchev–Trinajstić information content (AvgIpc) is 4.00. The molecule has 0 spiro atoms. The normalized spacial score (nSPS) is 15.3. The number of nitrogens with one attached hydrogen (secondary N) is 3. The predicted octanol–water partition coefficient (Wildman–Crippen LogP) is 8.77. The number of amides is 4. The lowest BCUT2D eigenvalue weighted by atomic mass is 9.85. The molecular weight excluding hydrogens is 927 g/mol. The standard InChI is InChI=1S/C58H65N5O8S/c1-6-49(41-17-23-45(64)24-18-41)53(42-19-25-46(65)26-20-42)43-21-27-48(28-22-43)71-32-31-59-51(67)29-13-38-7-9-39(10-8-38)14-30-52(68)62-55(58(3,4)5)57(70)63-35-47(66)33-50(63)56(69)60-34-40-11-15-44(16-12-40)54-37(2)61-36-72-54/h7-12,15-28,36,47,50,55,64-66H,6,13-14,29-35H2,1-5H3,(H,59,67)(H,60,69)(H,62,68)/t47-,50+,55-/m1/s1. The highest BCUT2D eigenvalue weighted by Crippen LogP contribution is 2.36. The smallest absolute Gasteiger partial charge is 0.246 e. The molecule has 3 atom stereocenters. The number of allylic oxidation sites excluding steroid dienone is 1. The van der Waals surface area contributed by atoms with Crippen molar-refractivity contribution in [3.63, 3.8) is 0 Å². The summed E-state index contributed by atoms with van der Waals surface area (Å²) in [6.45, 7) is 10.5. The van der Waals surface area contributed by atoms with Crippen LogP contribution in [0.2, 0.25) is 0 Å². The van der Waals surface area contributed by atoms with Gasteiger partial charge in [0.15, 0.2) is 0 Å². The number of hydrogen-bond acceptors (Lipinski definition) is 10. The summed E-state index contributed by atoms with van der Waals surface area (Å²) in [7, 11) is 0. The number of thiazole rings is 1. The molecule has 2 heterocycles. The first-order chi connectivity index (χ1) is 34.6. The molecule has 1 aliphatic rings. The Hall–Kier alpha value is -7.29. The van der Waals surface area contributed by atoms with Crippen molar-refractivity contribution in [3.8, 4) is 27.7 Å². The SMILES string of the molecule is CCC(=C(c1ccc(O)cc1)c1ccc(OCCNC(=O)CCc2ccc(CCC(=O)N[C@H](C(=O)N3C[C@H](O)C[C@H]3C(=O)NCc3ccc(-c4scnc4C)cc3)C(C)(C)C)cc2)cc1)c1ccc(O)cc1. The van der Waals surface area contributed by atoms with Gasteiger partial charge in [-0.15, -0.1) is 11.3 Å². The Morgan fingerprint density at radius 2 is 1.31 bits per heavy atom. The molecule has 1 saturated heterocycles. The lowest BCUT2D eigenvalue weighted by Gasteiger charge is -2.35. The van der Waals surface area contributed by atoms with Crippen molar-refractivity contribution in [2.45, 2.75) is 97.9 Å². The zero-order valence-electron chi connectivity index (χ0n) is 41.6. The Morgan fingerprint density at radius 3 is 1.86 bits per heavy atom. The van der Waals surface area contributed by atoms with Crippen molar-refractivity contribution in [2.75, 3.05) is 19.7 Å². The van der Waals surface area contributed by atoms with Crippen molar-refractivity contribution < 1.29 is 39.2 Å². The van der Waals surface area contributed by atoms with Crippen LogP contribution in [0.5, 0.6) is 17.2 Å². The summed E-state index contributed by atoms with van der Waals surface area (Å²) < 4.78 is 5.97. The Morgan fingerprint density at radius 1 is 0.750 bits per heavy atom. The first kappa shape index (κ1) is 52.5. The van der Waals surface area contributed by atoms with Gasteiger partial charge in [0.2, 0.25) is 23.6 Å². The second kappa shape index (κ2) is 24.2. The van der Waals surface area contributed by atoms with Gasteiger partial charge in [-0.05, 0) is 118 Å². The minimum atomic E-state index is -0.924. The van der Waals surface area contributed by atoms with E-state index in [1.165, 1.54) is 4.90 Å². The molecule has 72 heavy (non-hydrogen) atoms. The number of rotatable bonds is 20. The minimum absolute atomic E-state index is 0.00454. The van der Waals surface area contributed by atoms with Gasteiger partial charge in [0.05, 0.1) is 28.7 Å². The van der Waals surface area contributed by atoms with E-state index in [9.17, 15) is 34.5 Å². The van der Waals surface area contributed by atoms with Crippen LogP contribution in [0.3, 0.4) is 0 Å². The van der Waals surface area contributed by atoms with Crippen molar-refractivity contribution in [1.29, 1.82) is 0 Å². The van der Waals surface area contributed by atoms with E-state index >= 15 is 0 Å². The topological polar surface area (TPSA) is 190 Å². The summed E-state index contributed by atoms with van der Waals surface area (Å²) >= 11 is 1.57. The number of carbonyl (C=O) groups excluding carboxylic acids is 4. The van der Waals surface area contributed by atoms with Gasteiger partial charge in [0.25, 0.3) is 0 Å². The van der Waals surface area contributed by atoms with Crippen LogP contribution in [0.1, 0.15) is 92.5 Å². The maximum Gasteiger partial charge on any atom is 0.246 e. The number of aromatic nitrogens is 1. The van der Waals surface area contributed by atoms with Gasteiger partial charge in [-0.2, -0.15) is 0 Å². The molecule has 7 rings (SSSR count). The second-order valence-corrected chi connectivity index (χ2v) is 20.1.